The van der Waals surface area contributed by atoms with Crippen LogP contribution in [0.3, 0.4) is 0 Å². The van der Waals surface area contributed by atoms with E-state index in [-0.39, 0.29) is 56.5 Å². The third-order valence-electron chi connectivity index (χ3n) is 11.4. The number of aromatic nitrogens is 1. The second-order valence-electron chi connectivity index (χ2n) is 15.8. The first-order valence-electron chi connectivity index (χ1n) is 20.7. The fraction of sp³-hybridized carbons (Fsp3) is 0.432. The molecule has 6 rings (SSSR count). The third kappa shape index (κ3) is 10.2. The number of carbonyl (C=O) groups excluding carboxylic acids is 8. The summed E-state index contributed by atoms with van der Waals surface area (Å²) in [6.07, 6.45) is 0.121. The van der Waals surface area contributed by atoms with E-state index in [4.69, 9.17) is 4.74 Å². The van der Waals surface area contributed by atoms with Crippen LogP contribution < -0.4 is 26.2 Å². The summed E-state index contributed by atoms with van der Waals surface area (Å²) < 4.78 is 5.83. The second kappa shape index (κ2) is 19.7. The highest BCUT2D eigenvalue weighted by atomic mass is 16.5. The topological polar surface area (TPSA) is 237 Å². The fourth-order valence-electron chi connectivity index (χ4n) is 7.92. The maximum absolute atomic E-state index is 14.7. The zero-order valence-corrected chi connectivity index (χ0v) is 35.0. The average molecular weight is 853 g/mol. The zero-order valence-electron chi connectivity index (χ0n) is 35.0. The van der Waals surface area contributed by atoms with Gasteiger partial charge >= 0.3 is 5.97 Å². The van der Waals surface area contributed by atoms with Gasteiger partial charge in [-0.15, -0.1) is 0 Å². The molecule has 7 atom stereocenters. The van der Waals surface area contributed by atoms with Crippen molar-refractivity contribution >= 4 is 52.9 Å². The maximum Gasteiger partial charge on any atom is 0.333 e. The molecular formula is C44H52N8O10. The number of ether oxygens (including phenoxy) is 1. The molecule has 18 nitrogen and oxygen atoms in total. The van der Waals surface area contributed by atoms with Gasteiger partial charge in [0.2, 0.25) is 29.5 Å². The number of fused-ring (bicyclic) bond motifs is 2. The average Bonchev–Trinajstić information content (AvgIpc) is 3.76. The number of rotatable bonds is 7. The quantitative estimate of drug-likeness (QED) is 0.209. The number of pyridine rings is 1. The van der Waals surface area contributed by atoms with Gasteiger partial charge in [-0.25, -0.2) is 9.78 Å². The molecule has 1 aromatic heterocycles. The van der Waals surface area contributed by atoms with E-state index >= 15 is 0 Å². The number of cyclic esters (lactones) is 1. The SMILES string of the molecule is CC[C@H]1NC(=O)[C@@H](NC(=O)c2ncccc2O)[C@H](C)OC(=O)[C@H](c2ccccc2)NC(=O)[C@H]2CC(=O)CCN2C(=O)[C@H](Cc2ccc(N(C)C)cc2)NC(=O)[C@H]2CCCN2C1=O. The van der Waals surface area contributed by atoms with E-state index in [1.807, 2.05) is 43.3 Å². The first kappa shape index (κ1) is 44.7. The van der Waals surface area contributed by atoms with Crippen molar-refractivity contribution in [3.63, 3.8) is 0 Å². The monoisotopic (exact) mass is 852 g/mol. The summed E-state index contributed by atoms with van der Waals surface area (Å²) in [4.78, 5) is 121. The molecule has 4 heterocycles. The van der Waals surface area contributed by atoms with Crippen LogP contribution in [-0.2, 0) is 44.7 Å². The first-order chi connectivity index (χ1) is 29.7. The lowest BCUT2D eigenvalue weighted by atomic mass is 9.96. The Morgan fingerprint density at radius 1 is 0.839 bits per heavy atom. The highest BCUT2D eigenvalue weighted by molar-refractivity contribution is 6.01. The Kier molecular flexibility index (Phi) is 14.2. The summed E-state index contributed by atoms with van der Waals surface area (Å²) >= 11 is 0. The van der Waals surface area contributed by atoms with Gasteiger partial charge in [0.1, 0.15) is 47.8 Å². The molecule has 3 fully saturated rings. The van der Waals surface area contributed by atoms with E-state index < -0.39 is 95.2 Å². The number of hydrogen-bond acceptors (Lipinski definition) is 12. The third-order valence-corrected chi connectivity index (χ3v) is 11.4. The number of hydrogen-bond donors (Lipinski definition) is 5. The minimum Gasteiger partial charge on any atom is -0.505 e. The van der Waals surface area contributed by atoms with Crippen LogP contribution in [0.15, 0.2) is 72.9 Å². The van der Waals surface area contributed by atoms with Gasteiger partial charge in [0.15, 0.2) is 11.7 Å². The van der Waals surface area contributed by atoms with Crippen LogP contribution in [0.1, 0.15) is 73.6 Å². The predicted molar refractivity (Wildman–Crippen MR) is 223 cm³/mol. The lowest BCUT2D eigenvalue weighted by Crippen LogP contribution is -2.61. The molecule has 328 valence electrons. The fourth-order valence-corrected chi connectivity index (χ4v) is 7.92. The number of anilines is 1. The Bertz CT molecular complexity index is 2180. The van der Waals surface area contributed by atoms with E-state index in [0.29, 0.717) is 12.0 Å². The Hall–Kier alpha value is -6.85. The van der Waals surface area contributed by atoms with Gasteiger partial charge in [0.05, 0.1) is 0 Å². The van der Waals surface area contributed by atoms with Crippen LogP contribution in [-0.4, -0.2) is 131 Å². The van der Waals surface area contributed by atoms with Gasteiger partial charge in [-0.2, -0.15) is 0 Å². The molecule has 62 heavy (non-hydrogen) atoms. The smallest absolute Gasteiger partial charge is 0.333 e. The van der Waals surface area contributed by atoms with Gasteiger partial charge in [-0.3, -0.25) is 33.6 Å². The van der Waals surface area contributed by atoms with E-state index in [9.17, 15) is 43.5 Å². The standard InChI is InChI=1S/C44H52N8O10/c1-5-30-42(59)51-21-10-13-32(51)38(55)47-31(23-26-15-17-28(18-16-26)50(3)4)43(60)52-22-19-29(53)24-33(52)39(56)49-36(27-11-7-6-8-12-27)44(61)62-25(2)35(40(57)46-30)48-41(58)37-34(54)14-9-20-45-37/h6-9,11-12,14-18,20,25,30-33,35-36,54H,5,10,13,19,21-24H2,1-4H3,(H,46,57)(H,47,55)(H,48,58)(H,49,56)/t25-,30+,31-,32+,33+,35-,36-/m0/s1. The summed E-state index contributed by atoms with van der Waals surface area (Å²) in [5.74, 6) is -6.48. The second-order valence-corrected chi connectivity index (χ2v) is 15.8. The van der Waals surface area contributed by atoms with Crippen LogP contribution in [0.5, 0.6) is 5.75 Å². The molecule has 0 bridgehead atoms. The number of nitrogens with one attached hydrogen (secondary N) is 4. The van der Waals surface area contributed by atoms with Gasteiger partial charge in [0.25, 0.3) is 5.91 Å². The van der Waals surface area contributed by atoms with Crippen molar-refractivity contribution < 1.29 is 48.2 Å². The minimum absolute atomic E-state index is 0.00557. The lowest BCUT2D eigenvalue weighted by molar-refractivity contribution is -0.156. The number of ketones is 1. The highest BCUT2D eigenvalue weighted by Gasteiger charge is 2.44. The van der Waals surface area contributed by atoms with Crippen molar-refractivity contribution in [2.75, 3.05) is 32.1 Å². The number of Topliss-reactive ketones (excluding diaryl/α,β-unsaturated/α-hetero) is 1. The molecule has 3 saturated heterocycles. The van der Waals surface area contributed by atoms with Crippen LogP contribution >= 0.6 is 0 Å². The van der Waals surface area contributed by atoms with E-state index in [2.05, 4.69) is 26.3 Å². The van der Waals surface area contributed by atoms with Crippen LogP contribution in [0.2, 0.25) is 0 Å². The Morgan fingerprint density at radius 3 is 2.18 bits per heavy atom. The Balaban J connectivity index is 1.41. The molecule has 3 aromatic rings. The summed E-state index contributed by atoms with van der Waals surface area (Å²) in [5, 5.41) is 21.0. The number of amides is 6. The molecule has 6 amide bonds. The molecule has 0 radical (unpaired) electrons. The summed E-state index contributed by atoms with van der Waals surface area (Å²) in [6.45, 7) is 2.99. The molecule has 18 heteroatoms. The predicted octanol–water partition coefficient (Wildman–Crippen LogP) is 0.928. The Labute approximate surface area is 358 Å². The first-order valence-corrected chi connectivity index (χ1v) is 20.7. The number of aromatic hydroxyl groups is 1. The van der Waals surface area contributed by atoms with Crippen LogP contribution in [0, 0.1) is 0 Å². The van der Waals surface area contributed by atoms with Crippen molar-refractivity contribution in [2.45, 2.75) is 94.7 Å². The van der Waals surface area contributed by atoms with Crippen LogP contribution in [0.25, 0.3) is 0 Å². The van der Waals surface area contributed by atoms with E-state index in [0.717, 1.165) is 5.69 Å². The van der Waals surface area contributed by atoms with Crippen molar-refractivity contribution in [2.24, 2.45) is 0 Å². The minimum atomic E-state index is -1.68. The van der Waals surface area contributed by atoms with Crippen molar-refractivity contribution in [3.05, 3.63) is 89.7 Å². The lowest BCUT2D eigenvalue weighted by Gasteiger charge is -2.37. The number of benzene rings is 2. The zero-order chi connectivity index (χ0) is 44.7. The maximum atomic E-state index is 14.7. The molecule has 0 saturated carbocycles. The molecule has 0 unspecified atom stereocenters. The number of nitrogens with zero attached hydrogens (tertiary/aromatic N) is 4. The molecule has 0 spiro atoms. The normalized spacial score (nSPS) is 25.5. The summed E-state index contributed by atoms with van der Waals surface area (Å²) in [5.41, 5.74) is 1.42. The highest BCUT2D eigenvalue weighted by Crippen LogP contribution is 2.25. The molecule has 3 aliphatic heterocycles. The van der Waals surface area contributed by atoms with Gasteiger partial charge in [0, 0.05) is 58.3 Å². The van der Waals surface area contributed by atoms with Crippen LogP contribution in [0.4, 0.5) is 5.69 Å². The molecule has 0 aliphatic carbocycles. The number of carbonyl (C=O) groups is 8. The van der Waals surface area contributed by atoms with Gasteiger partial charge in [-0.1, -0.05) is 49.4 Å². The van der Waals surface area contributed by atoms with E-state index in [1.54, 1.807) is 37.3 Å². The Morgan fingerprint density at radius 2 is 1.50 bits per heavy atom. The van der Waals surface area contributed by atoms with Gasteiger partial charge < -0.3 is 45.8 Å². The summed E-state index contributed by atoms with van der Waals surface area (Å²) in [7, 11) is 3.76. The van der Waals surface area contributed by atoms with Crippen molar-refractivity contribution in [3.8, 4) is 5.75 Å². The van der Waals surface area contributed by atoms with Crippen molar-refractivity contribution in [1.29, 1.82) is 0 Å². The molecule has 2 aromatic carbocycles. The van der Waals surface area contributed by atoms with Crippen molar-refractivity contribution in [1.82, 2.24) is 36.1 Å². The number of esters is 1. The van der Waals surface area contributed by atoms with E-state index in [1.165, 1.54) is 35.1 Å². The summed E-state index contributed by atoms with van der Waals surface area (Å²) in [6, 6.07) is 9.91. The van der Waals surface area contributed by atoms with Gasteiger partial charge in [-0.05, 0) is 61.6 Å². The number of piperidine rings is 1. The molecule has 5 N–H and O–H groups in total. The largest absolute Gasteiger partial charge is 0.505 e. The molecule has 3 aliphatic rings. The molecular weight excluding hydrogens is 801 g/mol.